The summed E-state index contributed by atoms with van der Waals surface area (Å²) in [5.74, 6) is 0. The fourth-order valence-electron chi connectivity index (χ4n) is 3.37. The maximum atomic E-state index is 11.0. The van der Waals surface area contributed by atoms with Crippen molar-refractivity contribution in [1.82, 2.24) is 9.88 Å². The zero-order chi connectivity index (χ0) is 19.4. The van der Waals surface area contributed by atoms with Crippen LogP contribution in [0.25, 0.3) is 10.9 Å². The molecule has 0 saturated heterocycles. The van der Waals surface area contributed by atoms with Crippen molar-refractivity contribution in [2.75, 3.05) is 6.54 Å². The summed E-state index contributed by atoms with van der Waals surface area (Å²) in [5, 5.41) is 24.5. The number of hydrogen-bond donors (Lipinski definition) is 3. The van der Waals surface area contributed by atoms with Gasteiger partial charge in [0.1, 0.15) is 4.91 Å². The molecule has 0 fully saturated rings. The van der Waals surface area contributed by atoms with Gasteiger partial charge in [0.25, 0.3) is 5.69 Å². The van der Waals surface area contributed by atoms with Crippen LogP contribution >= 0.6 is 0 Å². The molecule has 0 radical (unpaired) electrons. The number of nitro groups is 1. The van der Waals surface area contributed by atoms with Gasteiger partial charge in [0.05, 0.1) is 4.92 Å². The maximum absolute atomic E-state index is 11.0. The number of rotatable bonds is 3. The van der Waals surface area contributed by atoms with Gasteiger partial charge in [0.15, 0.2) is 0 Å². The minimum atomic E-state index is -1.25. The molecular formula is C18H19N4O5+. The summed E-state index contributed by atoms with van der Waals surface area (Å²) in [5.41, 5.74) is 4.87. The number of nitro benzene ring substituents is 1. The molecule has 0 amide bonds. The van der Waals surface area contributed by atoms with Crippen LogP contribution in [0.4, 0.5) is 5.69 Å². The predicted molar refractivity (Wildman–Crippen MR) is 96.4 cm³/mol. The third-order valence-corrected chi connectivity index (χ3v) is 4.50. The average molecular weight is 371 g/mol. The molecule has 9 nitrogen and oxygen atoms in total. The maximum Gasteiger partial charge on any atom is 0.472 e. The van der Waals surface area contributed by atoms with Crippen molar-refractivity contribution in [2.45, 2.75) is 19.5 Å². The Balaban J connectivity index is 0.000000481. The highest BCUT2D eigenvalue weighted by Gasteiger charge is 2.21. The SMILES string of the molecule is O=[N+](O)O.O=[N+]([O-])c1ccc2[nH]c3c(c2c1)CCN(Cc1ccccc1)C3. The van der Waals surface area contributed by atoms with Gasteiger partial charge in [-0.3, -0.25) is 15.0 Å². The highest BCUT2D eigenvalue weighted by atomic mass is 16.9. The van der Waals surface area contributed by atoms with Crippen molar-refractivity contribution >= 4 is 16.6 Å². The first-order valence-electron chi connectivity index (χ1n) is 8.33. The number of fused-ring (bicyclic) bond motifs is 3. The fourth-order valence-corrected chi connectivity index (χ4v) is 3.37. The van der Waals surface area contributed by atoms with Crippen molar-refractivity contribution in [1.29, 1.82) is 0 Å². The van der Waals surface area contributed by atoms with E-state index in [9.17, 15) is 10.1 Å². The van der Waals surface area contributed by atoms with Crippen LogP contribution in [0.2, 0.25) is 0 Å². The molecule has 0 spiro atoms. The minimum absolute atomic E-state index is 0.158. The molecule has 1 aromatic heterocycles. The molecule has 0 atom stereocenters. The lowest BCUT2D eigenvalue weighted by molar-refractivity contribution is -0.969. The van der Waals surface area contributed by atoms with Gasteiger partial charge in [0, 0.05) is 48.4 Å². The molecule has 9 heteroatoms. The zero-order valence-electron chi connectivity index (χ0n) is 14.4. The van der Waals surface area contributed by atoms with Crippen LogP contribution in [0, 0.1) is 15.0 Å². The monoisotopic (exact) mass is 371 g/mol. The lowest BCUT2D eigenvalue weighted by Crippen LogP contribution is -2.29. The van der Waals surface area contributed by atoms with Gasteiger partial charge >= 0.3 is 5.09 Å². The molecule has 140 valence electrons. The van der Waals surface area contributed by atoms with Crippen LogP contribution in [-0.2, 0) is 19.5 Å². The van der Waals surface area contributed by atoms with E-state index in [2.05, 4.69) is 34.1 Å². The lowest BCUT2D eigenvalue weighted by atomic mass is 10.0. The number of nitrogens with one attached hydrogen (secondary N) is 1. The first kappa shape index (κ1) is 18.3. The van der Waals surface area contributed by atoms with E-state index in [0.29, 0.717) is 0 Å². The van der Waals surface area contributed by atoms with Gasteiger partial charge in [-0.15, -0.1) is 0 Å². The van der Waals surface area contributed by atoms with E-state index in [0.717, 1.165) is 37.0 Å². The standard InChI is InChI=1S/C18H17N3O2.H2NO3/c22-21(23)14-6-7-17-16(10-14)15-8-9-20(12-18(15)19-17)11-13-4-2-1-3-5-13;2-1(3)4/h1-7,10,19H,8-9,11-12H2;(H2,2,3,4)/q;+1. The molecule has 3 aromatic rings. The minimum Gasteiger partial charge on any atom is -0.357 e. The van der Waals surface area contributed by atoms with Crippen LogP contribution in [0.15, 0.2) is 48.5 Å². The van der Waals surface area contributed by atoms with E-state index in [1.165, 1.54) is 16.8 Å². The zero-order valence-corrected chi connectivity index (χ0v) is 14.4. The van der Waals surface area contributed by atoms with E-state index < -0.39 is 5.09 Å². The Morgan fingerprint density at radius 3 is 2.48 bits per heavy atom. The second kappa shape index (κ2) is 7.83. The summed E-state index contributed by atoms with van der Waals surface area (Å²) in [4.78, 5) is 25.0. The molecule has 1 aliphatic rings. The molecule has 3 N–H and O–H groups in total. The summed E-state index contributed by atoms with van der Waals surface area (Å²) < 4.78 is 0. The van der Waals surface area contributed by atoms with Crippen molar-refractivity contribution in [3.8, 4) is 0 Å². The molecule has 0 aliphatic carbocycles. The first-order valence-corrected chi connectivity index (χ1v) is 8.33. The summed E-state index contributed by atoms with van der Waals surface area (Å²) in [6.45, 7) is 2.75. The Kier molecular flexibility index (Phi) is 5.32. The molecule has 1 aliphatic heterocycles. The van der Waals surface area contributed by atoms with Crippen molar-refractivity contribution in [3.63, 3.8) is 0 Å². The number of non-ortho nitro benzene ring substituents is 1. The topological polar surface area (TPSA) is 123 Å². The fraction of sp³-hybridized carbons (Fsp3) is 0.222. The summed E-state index contributed by atoms with van der Waals surface area (Å²) in [6.07, 6.45) is 0.920. The van der Waals surface area contributed by atoms with Crippen molar-refractivity contribution in [2.24, 2.45) is 0 Å². The molecule has 0 bridgehead atoms. The second-order valence-electron chi connectivity index (χ2n) is 6.27. The molecule has 0 saturated carbocycles. The van der Waals surface area contributed by atoms with E-state index >= 15 is 0 Å². The Labute approximate surface area is 154 Å². The third kappa shape index (κ3) is 4.39. The van der Waals surface area contributed by atoms with E-state index in [1.54, 1.807) is 12.1 Å². The van der Waals surface area contributed by atoms with Crippen LogP contribution in [-0.4, -0.2) is 36.9 Å². The highest BCUT2D eigenvalue weighted by Crippen LogP contribution is 2.30. The quantitative estimate of drug-likeness (QED) is 0.480. The number of hydrogen-bond acceptors (Lipinski definition) is 4. The molecule has 2 aromatic carbocycles. The smallest absolute Gasteiger partial charge is 0.357 e. The molecule has 0 unspecified atom stereocenters. The third-order valence-electron chi connectivity index (χ3n) is 4.50. The summed E-state index contributed by atoms with van der Waals surface area (Å²) >= 11 is 0. The Morgan fingerprint density at radius 2 is 1.81 bits per heavy atom. The highest BCUT2D eigenvalue weighted by molar-refractivity contribution is 5.87. The van der Waals surface area contributed by atoms with Crippen molar-refractivity contribution in [3.05, 3.63) is 80.4 Å². The second-order valence-corrected chi connectivity index (χ2v) is 6.27. The number of aromatic amines is 1. The lowest BCUT2D eigenvalue weighted by Gasteiger charge is -2.26. The van der Waals surface area contributed by atoms with Gasteiger partial charge in [-0.05, 0) is 23.6 Å². The number of benzene rings is 2. The largest absolute Gasteiger partial charge is 0.472 e. The van der Waals surface area contributed by atoms with Gasteiger partial charge in [-0.2, -0.15) is 0 Å². The van der Waals surface area contributed by atoms with Crippen LogP contribution < -0.4 is 0 Å². The number of nitrogens with zero attached hydrogens (tertiary/aromatic N) is 3. The van der Waals surface area contributed by atoms with E-state index in [1.807, 2.05) is 12.1 Å². The summed E-state index contributed by atoms with van der Waals surface area (Å²) in [7, 11) is 0. The molecule has 27 heavy (non-hydrogen) atoms. The van der Waals surface area contributed by atoms with Crippen LogP contribution in [0.1, 0.15) is 16.8 Å². The number of aromatic nitrogens is 1. The molecule has 4 rings (SSSR count). The van der Waals surface area contributed by atoms with E-state index in [4.69, 9.17) is 15.3 Å². The van der Waals surface area contributed by atoms with Crippen LogP contribution in [0.5, 0.6) is 0 Å². The number of H-pyrrole nitrogens is 1. The average Bonchev–Trinajstić information content (AvgIpc) is 2.99. The Hall–Kier alpha value is -3.46. The Bertz CT molecular complexity index is 967. The van der Waals surface area contributed by atoms with Gasteiger partial charge in [-0.25, -0.2) is 10.4 Å². The molecular weight excluding hydrogens is 352 g/mol. The van der Waals surface area contributed by atoms with Gasteiger partial charge in [0.2, 0.25) is 0 Å². The van der Waals surface area contributed by atoms with Gasteiger partial charge < -0.3 is 4.98 Å². The van der Waals surface area contributed by atoms with Gasteiger partial charge in [-0.1, -0.05) is 30.3 Å². The predicted octanol–water partition coefficient (Wildman–Crippen LogP) is 3.18. The van der Waals surface area contributed by atoms with Crippen molar-refractivity contribution < 1.29 is 20.4 Å². The molecule has 2 heterocycles. The van der Waals surface area contributed by atoms with Crippen LogP contribution in [0.3, 0.4) is 0 Å². The Morgan fingerprint density at radius 1 is 1.11 bits per heavy atom. The van der Waals surface area contributed by atoms with E-state index in [-0.39, 0.29) is 10.6 Å². The first-order chi connectivity index (χ1) is 12.9. The summed E-state index contributed by atoms with van der Waals surface area (Å²) in [6, 6.07) is 15.5. The normalized spacial score (nSPS) is 13.5.